The molecule has 0 atom stereocenters. The summed E-state index contributed by atoms with van der Waals surface area (Å²) in [6, 6.07) is 0. The monoisotopic (exact) mass is 216 g/mol. The Morgan fingerprint density at radius 1 is 1.50 bits per heavy atom. The van der Waals surface area contributed by atoms with E-state index in [0.29, 0.717) is 6.54 Å². The molecule has 0 unspecified atom stereocenters. The molecular formula is C9H16N2O2S. The molecule has 0 aliphatic heterocycles. The Kier molecular flexibility index (Phi) is 4.86. The summed E-state index contributed by atoms with van der Waals surface area (Å²) in [4.78, 5) is 4.37. The highest BCUT2D eigenvalue weighted by atomic mass is 32.1. The lowest BCUT2D eigenvalue weighted by Crippen LogP contribution is -2.23. The fourth-order valence-electron chi connectivity index (χ4n) is 0.984. The first-order chi connectivity index (χ1) is 6.80. The Labute approximate surface area is 88.3 Å². The zero-order chi connectivity index (χ0) is 10.4. The maximum atomic E-state index is 5.05. The average Bonchev–Trinajstić information content (AvgIpc) is 2.67. The van der Waals surface area contributed by atoms with Gasteiger partial charge in [-0.25, -0.2) is 4.98 Å². The zero-order valence-corrected chi connectivity index (χ0v) is 9.56. The standard InChI is InChI=1S/C9H16N2O2S/c1-4-7-6-14-9(11-7)10-5-8(12-2)13-3/h6,8H,4-5H2,1-3H3,(H,10,11). The summed E-state index contributed by atoms with van der Waals surface area (Å²) in [7, 11) is 3.24. The zero-order valence-electron chi connectivity index (χ0n) is 8.74. The number of aromatic nitrogens is 1. The molecule has 1 aromatic heterocycles. The molecule has 0 bridgehead atoms. The molecule has 0 aromatic carbocycles. The SMILES string of the molecule is CCc1csc(NCC(OC)OC)n1. The molecule has 1 N–H and O–H groups in total. The third kappa shape index (κ3) is 3.25. The van der Waals surface area contributed by atoms with Gasteiger partial charge in [0.25, 0.3) is 0 Å². The lowest BCUT2D eigenvalue weighted by molar-refractivity contribution is -0.0914. The van der Waals surface area contributed by atoms with Crippen molar-refractivity contribution in [2.45, 2.75) is 19.6 Å². The second-order valence-corrected chi connectivity index (χ2v) is 3.64. The molecule has 4 nitrogen and oxygen atoms in total. The van der Waals surface area contributed by atoms with Crippen LogP contribution in [0, 0.1) is 0 Å². The van der Waals surface area contributed by atoms with Crippen molar-refractivity contribution >= 4 is 16.5 Å². The van der Waals surface area contributed by atoms with Crippen molar-refractivity contribution in [3.63, 3.8) is 0 Å². The molecule has 0 radical (unpaired) electrons. The summed E-state index contributed by atoms with van der Waals surface area (Å²) in [5.41, 5.74) is 1.11. The van der Waals surface area contributed by atoms with Crippen LogP contribution in [0.25, 0.3) is 0 Å². The maximum absolute atomic E-state index is 5.05. The van der Waals surface area contributed by atoms with Gasteiger partial charge in [0, 0.05) is 19.6 Å². The molecule has 14 heavy (non-hydrogen) atoms. The van der Waals surface area contributed by atoms with Crippen LogP contribution in [0.4, 0.5) is 5.13 Å². The molecule has 0 saturated heterocycles. The summed E-state index contributed by atoms with van der Waals surface area (Å²) < 4.78 is 10.1. The van der Waals surface area contributed by atoms with Crippen molar-refractivity contribution in [2.75, 3.05) is 26.1 Å². The van der Waals surface area contributed by atoms with Gasteiger partial charge in [-0.2, -0.15) is 0 Å². The van der Waals surface area contributed by atoms with Crippen LogP contribution in [0.2, 0.25) is 0 Å². The first-order valence-corrected chi connectivity index (χ1v) is 5.42. The van der Waals surface area contributed by atoms with Crippen molar-refractivity contribution in [1.29, 1.82) is 0 Å². The Hall–Kier alpha value is -0.650. The van der Waals surface area contributed by atoms with Crippen LogP contribution in [0.1, 0.15) is 12.6 Å². The Bertz CT molecular complexity index is 261. The minimum atomic E-state index is -0.219. The predicted octanol–water partition coefficient (Wildman–Crippen LogP) is 1.74. The topological polar surface area (TPSA) is 43.4 Å². The van der Waals surface area contributed by atoms with Gasteiger partial charge in [-0.1, -0.05) is 6.92 Å². The van der Waals surface area contributed by atoms with E-state index in [-0.39, 0.29) is 6.29 Å². The molecule has 0 saturated carbocycles. The summed E-state index contributed by atoms with van der Waals surface area (Å²) in [5, 5.41) is 6.13. The Morgan fingerprint density at radius 2 is 2.21 bits per heavy atom. The number of nitrogens with zero attached hydrogens (tertiary/aromatic N) is 1. The second kappa shape index (κ2) is 5.95. The van der Waals surface area contributed by atoms with Crippen molar-refractivity contribution < 1.29 is 9.47 Å². The van der Waals surface area contributed by atoms with Crippen LogP contribution in [-0.2, 0) is 15.9 Å². The van der Waals surface area contributed by atoms with Crippen molar-refractivity contribution in [1.82, 2.24) is 4.98 Å². The van der Waals surface area contributed by atoms with Crippen LogP contribution in [0.15, 0.2) is 5.38 Å². The molecule has 1 heterocycles. The number of ether oxygens (including phenoxy) is 2. The number of nitrogens with one attached hydrogen (secondary N) is 1. The molecule has 0 aliphatic rings. The van der Waals surface area contributed by atoms with Gasteiger partial charge < -0.3 is 14.8 Å². The summed E-state index contributed by atoms with van der Waals surface area (Å²) >= 11 is 1.60. The van der Waals surface area contributed by atoms with Gasteiger partial charge >= 0.3 is 0 Å². The Balaban J connectivity index is 2.37. The van der Waals surface area contributed by atoms with Gasteiger partial charge in [-0.3, -0.25) is 0 Å². The molecule has 1 rings (SSSR count). The summed E-state index contributed by atoms with van der Waals surface area (Å²) in [5.74, 6) is 0. The van der Waals surface area contributed by atoms with Gasteiger partial charge in [0.1, 0.15) is 0 Å². The third-order valence-corrected chi connectivity index (χ3v) is 2.71. The Morgan fingerprint density at radius 3 is 2.71 bits per heavy atom. The first kappa shape index (κ1) is 11.4. The van der Waals surface area contributed by atoms with E-state index in [2.05, 4.69) is 22.6 Å². The van der Waals surface area contributed by atoms with E-state index in [9.17, 15) is 0 Å². The van der Waals surface area contributed by atoms with Gasteiger partial charge in [-0.05, 0) is 6.42 Å². The minimum Gasteiger partial charge on any atom is -0.356 e. The van der Waals surface area contributed by atoms with Gasteiger partial charge in [0.15, 0.2) is 11.4 Å². The molecular weight excluding hydrogens is 200 g/mol. The normalized spacial score (nSPS) is 10.9. The van der Waals surface area contributed by atoms with E-state index >= 15 is 0 Å². The van der Waals surface area contributed by atoms with E-state index in [0.717, 1.165) is 17.2 Å². The number of hydrogen-bond donors (Lipinski definition) is 1. The quantitative estimate of drug-likeness (QED) is 0.736. The van der Waals surface area contributed by atoms with E-state index in [1.165, 1.54) is 0 Å². The van der Waals surface area contributed by atoms with Crippen LogP contribution in [0.5, 0.6) is 0 Å². The van der Waals surface area contributed by atoms with Crippen molar-refractivity contribution in [2.24, 2.45) is 0 Å². The fourth-order valence-corrected chi connectivity index (χ4v) is 1.79. The highest BCUT2D eigenvalue weighted by Crippen LogP contribution is 2.15. The summed E-state index contributed by atoms with van der Waals surface area (Å²) in [6.45, 7) is 2.70. The number of hydrogen-bond acceptors (Lipinski definition) is 5. The number of methoxy groups -OCH3 is 2. The highest BCUT2D eigenvalue weighted by Gasteiger charge is 2.05. The molecule has 0 fully saturated rings. The lowest BCUT2D eigenvalue weighted by atomic mass is 10.4. The largest absolute Gasteiger partial charge is 0.356 e. The smallest absolute Gasteiger partial charge is 0.183 e. The highest BCUT2D eigenvalue weighted by molar-refractivity contribution is 7.13. The van der Waals surface area contributed by atoms with E-state index in [1.807, 2.05) is 0 Å². The fraction of sp³-hybridized carbons (Fsp3) is 0.667. The van der Waals surface area contributed by atoms with E-state index < -0.39 is 0 Å². The molecule has 80 valence electrons. The number of aryl methyl sites for hydroxylation is 1. The summed E-state index contributed by atoms with van der Waals surface area (Å²) in [6.07, 6.45) is 0.750. The van der Waals surface area contributed by atoms with E-state index in [4.69, 9.17) is 9.47 Å². The average molecular weight is 216 g/mol. The van der Waals surface area contributed by atoms with Gasteiger partial charge in [-0.15, -0.1) is 11.3 Å². The van der Waals surface area contributed by atoms with Crippen LogP contribution in [0.3, 0.4) is 0 Å². The van der Waals surface area contributed by atoms with Crippen LogP contribution >= 0.6 is 11.3 Å². The molecule has 0 spiro atoms. The number of anilines is 1. The second-order valence-electron chi connectivity index (χ2n) is 2.78. The molecule has 0 aliphatic carbocycles. The maximum Gasteiger partial charge on any atom is 0.183 e. The van der Waals surface area contributed by atoms with Crippen LogP contribution < -0.4 is 5.32 Å². The molecule has 5 heteroatoms. The van der Waals surface area contributed by atoms with E-state index in [1.54, 1.807) is 25.6 Å². The van der Waals surface area contributed by atoms with Crippen molar-refractivity contribution in [3.8, 4) is 0 Å². The van der Waals surface area contributed by atoms with Crippen molar-refractivity contribution in [3.05, 3.63) is 11.1 Å². The predicted molar refractivity (Wildman–Crippen MR) is 57.8 cm³/mol. The number of thiazole rings is 1. The first-order valence-electron chi connectivity index (χ1n) is 4.54. The lowest BCUT2D eigenvalue weighted by Gasteiger charge is -2.12. The van der Waals surface area contributed by atoms with Gasteiger partial charge in [0.2, 0.25) is 0 Å². The number of rotatable bonds is 6. The minimum absolute atomic E-state index is 0.219. The third-order valence-electron chi connectivity index (χ3n) is 1.86. The van der Waals surface area contributed by atoms with Gasteiger partial charge in [0.05, 0.1) is 12.2 Å². The molecule has 1 aromatic rings. The van der Waals surface area contributed by atoms with Crippen LogP contribution in [-0.4, -0.2) is 32.0 Å². The molecule has 0 amide bonds.